The summed E-state index contributed by atoms with van der Waals surface area (Å²) in [6.45, 7) is 8.36. The van der Waals surface area contributed by atoms with E-state index in [-0.39, 0.29) is 5.91 Å². The molecular weight excluding hydrogens is 262 g/mol. The first-order chi connectivity index (χ1) is 9.95. The van der Waals surface area contributed by atoms with Crippen LogP contribution in [0.4, 0.5) is 5.82 Å². The zero-order valence-corrected chi connectivity index (χ0v) is 13.7. The van der Waals surface area contributed by atoms with Crippen molar-refractivity contribution in [2.24, 2.45) is 5.41 Å². The third-order valence-corrected chi connectivity index (χ3v) is 4.37. The van der Waals surface area contributed by atoms with E-state index in [0.29, 0.717) is 5.41 Å². The molecule has 21 heavy (non-hydrogen) atoms. The summed E-state index contributed by atoms with van der Waals surface area (Å²) in [6.07, 6.45) is 4.19. The van der Waals surface area contributed by atoms with Gasteiger partial charge in [0.1, 0.15) is 5.82 Å². The van der Waals surface area contributed by atoms with Crippen LogP contribution in [0.3, 0.4) is 0 Å². The molecule has 1 aromatic rings. The number of amides is 1. The van der Waals surface area contributed by atoms with Gasteiger partial charge in [0.05, 0.1) is 0 Å². The minimum Gasteiger partial charge on any atom is -0.373 e. The molecule has 1 fully saturated rings. The van der Waals surface area contributed by atoms with Gasteiger partial charge in [0, 0.05) is 31.4 Å². The van der Waals surface area contributed by atoms with Crippen molar-refractivity contribution >= 4 is 11.7 Å². The number of carbonyl (C=O) groups excluding carboxylic acids is 1. The molecule has 4 nitrogen and oxygen atoms in total. The predicted molar refractivity (Wildman–Crippen MR) is 86.7 cm³/mol. The van der Waals surface area contributed by atoms with Crippen LogP contribution in [0.1, 0.15) is 56.1 Å². The lowest BCUT2D eigenvalue weighted by Gasteiger charge is -2.23. The minimum atomic E-state index is 0.140. The first-order valence-electron chi connectivity index (χ1n) is 7.93. The number of rotatable bonds is 3. The summed E-state index contributed by atoms with van der Waals surface area (Å²) in [7, 11) is 1.84. The molecule has 116 valence electrons. The van der Waals surface area contributed by atoms with E-state index in [1.54, 1.807) is 0 Å². The molecule has 4 heteroatoms. The van der Waals surface area contributed by atoms with E-state index in [1.807, 2.05) is 24.1 Å². The van der Waals surface area contributed by atoms with Gasteiger partial charge in [0.25, 0.3) is 5.91 Å². The molecule has 0 aliphatic carbocycles. The van der Waals surface area contributed by atoms with Gasteiger partial charge in [-0.2, -0.15) is 0 Å². The van der Waals surface area contributed by atoms with Crippen molar-refractivity contribution in [3.63, 3.8) is 0 Å². The number of aryl methyl sites for hydroxylation is 1. The molecule has 0 aromatic carbocycles. The fourth-order valence-corrected chi connectivity index (χ4v) is 2.83. The van der Waals surface area contributed by atoms with E-state index in [1.165, 1.54) is 6.42 Å². The molecule has 2 rings (SSSR count). The number of aromatic nitrogens is 1. The first-order valence-corrected chi connectivity index (χ1v) is 7.93. The van der Waals surface area contributed by atoms with E-state index in [0.717, 1.165) is 49.4 Å². The largest absolute Gasteiger partial charge is 0.373 e. The number of nitrogens with one attached hydrogen (secondary N) is 1. The molecule has 0 bridgehead atoms. The highest BCUT2D eigenvalue weighted by Crippen LogP contribution is 2.30. The third-order valence-electron chi connectivity index (χ3n) is 4.37. The Morgan fingerprint density at radius 2 is 2.10 bits per heavy atom. The Hall–Kier alpha value is -1.58. The average Bonchev–Trinajstić information content (AvgIpc) is 2.66. The Bertz CT molecular complexity index is 489. The Morgan fingerprint density at radius 1 is 1.33 bits per heavy atom. The van der Waals surface area contributed by atoms with Crippen molar-refractivity contribution in [2.75, 3.05) is 25.5 Å². The van der Waals surface area contributed by atoms with Crippen LogP contribution >= 0.6 is 0 Å². The number of carbonyl (C=O) groups is 1. The van der Waals surface area contributed by atoms with E-state index in [2.05, 4.69) is 31.1 Å². The van der Waals surface area contributed by atoms with Crippen LogP contribution in [0.2, 0.25) is 0 Å². The second-order valence-electron chi connectivity index (χ2n) is 6.65. The quantitative estimate of drug-likeness (QED) is 0.928. The highest BCUT2D eigenvalue weighted by molar-refractivity contribution is 5.95. The SMILES string of the molecule is CCc1cc(C(=O)N2CCCC(C)(C)CC2)cc(NC)n1. The predicted octanol–water partition coefficient (Wildman–Crippen LogP) is 3.34. The lowest BCUT2D eigenvalue weighted by molar-refractivity contribution is 0.0757. The van der Waals surface area contributed by atoms with Crippen LogP contribution < -0.4 is 5.32 Å². The maximum atomic E-state index is 12.8. The summed E-state index contributed by atoms with van der Waals surface area (Å²) < 4.78 is 0. The summed E-state index contributed by atoms with van der Waals surface area (Å²) in [5.41, 5.74) is 2.06. The molecule has 1 aliphatic heterocycles. The lowest BCUT2D eigenvalue weighted by atomic mass is 9.85. The molecule has 1 aliphatic rings. The molecule has 0 atom stereocenters. The van der Waals surface area contributed by atoms with Gasteiger partial charge in [0.2, 0.25) is 0 Å². The van der Waals surface area contributed by atoms with E-state index in [9.17, 15) is 4.79 Å². The third kappa shape index (κ3) is 3.96. The molecule has 1 saturated heterocycles. The molecule has 0 spiro atoms. The summed E-state index contributed by atoms with van der Waals surface area (Å²) >= 11 is 0. The zero-order valence-electron chi connectivity index (χ0n) is 13.7. The monoisotopic (exact) mass is 289 g/mol. The zero-order chi connectivity index (χ0) is 15.5. The number of anilines is 1. The highest BCUT2D eigenvalue weighted by atomic mass is 16.2. The van der Waals surface area contributed by atoms with Crippen molar-refractivity contribution in [1.29, 1.82) is 0 Å². The Kier molecular flexibility index (Phi) is 4.86. The molecule has 0 radical (unpaired) electrons. The van der Waals surface area contributed by atoms with Gasteiger partial charge < -0.3 is 10.2 Å². The number of hydrogen-bond donors (Lipinski definition) is 1. The number of nitrogens with zero attached hydrogens (tertiary/aromatic N) is 2. The molecule has 1 N–H and O–H groups in total. The second kappa shape index (κ2) is 6.46. The number of likely N-dealkylation sites (tertiary alicyclic amines) is 1. The van der Waals surface area contributed by atoms with Gasteiger partial charge in [-0.3, -0.25) is 4.79 Å². The molecule has 1 amide bonds. The maximum Gasteiger partial charge on any atom is 0.254 e. The van der Waals surface area contributed by atoms with Crippen LogP contribution in [0.5, 0.6) is 0 Å². The fraction of sp³-hybridized carbons (Fsp3) is 0.647. The van der Waals surface area contributed by atoms with Gasteiger partial charge in [-0.05, 0) is 43.2 Å². The van der Waals surface area contributed by atoms with Crippen molar-refractivity contribution in [3.05, 3.63) is 23.4 Å². The van der Waals surface area contributed by atoms with E-state index in [4.69, 9.17) is 0 Å². The van der Waals surface area contributed by atoms with Crippen LogP contribution in [-0.2, 0) is 6.42 Å². The smallest absolute Gasteiger partial charge is 0.254 e. The molecule has 1 aromatic heterocycles. The maximum absolute atomic E-state index is 12.8. The Morgan fingerprint density at radius 3 is 2.76 bits per heavy atom. The van der Waals surface area contributed by atoms with Crippen molar-refractivity contribution in [1.82, 2.24) is 9.88 Å². The Labute approximate surface area is 127 Å². The van der Waals surface area contributed by atoms with Crippen LogP contribution in [0.25, 0.3) is 0 Å². The summed E-state index contributed by atoms with van der Waals surface area (Å²) in [4.78, 5) is 19.2. The molecule has 2 heterocycles. The first kappa shape index (κ1) is 15.8. The highest BCUT2D eigenvalue weighted by Gasteiger charge is 2.26. The van der Waals surface area contributed by atoms with Crippen LogP contribution in [0.15, 0.2) is 12.1 Å². The normalized spacial score (nSPS) is 18.2. The number of pyridine rings is 1. The second-order valence-corrected chi connectivity index (χ2v) is 6.65. The average molecular weight is 289 g/mol. The summed E-state index contributed by atoms with van der Waals surface area (Å²) in [5, 5.41) is 3.04. The summed E-state index contributed by atoms with van der Waals surface area (Å²) in [6, 6.07) is 3.79. The minimum absolute atomic E-state index is 0.140. The van der Waals surface area contributed by atoms with E-state index < -0.39 is 0 Å². The van der Waals surface area contributed by atoms with Gasteiger partial charge in [-0.1, -0.05) is 20.8 Å². The van der Waals surface area contributed by atoms with Crippen LogP contribution in [-0.4, -0.2) is 35.9 Å². The van der Waals surface area contributed by atoms with Crippen molar-refractivity contribution < 1.29 is 4.79 Å². The molecule has 0 unspecified atom stereocenters. The topological polar surface area (TPSA) is 45.2 Å². The van der Waals surface area contributed by atoms with E-state index >= 15 is 0 Å². The summed E-state index contributed by atoms with van der Waals surface area (Å²) in [5.74, 6) is 0.911. The number of hydrogen-bond acceptors (Lipinski definition) is 3. The van der Waals surface area contributed by atoms with Gasteiger partial charge in [-0.15, -0.1) is 0 Å². The van der Waals surface area contributed by atoms with Gasteiger partial charge in [0.15, 0.2) is 0 Å². The van der Waals surface area contributed by atoms with Gasteiger partial charge >= 0.3 is 0 Å². The fourth-order valence-electron chi connectivity index (χ4n) is 2.83. The lowest BCUT2D eigenvalue weighted by Crippen LogP contribution is -2.32. The standard InChI is InChI=1S/C17H27N3O/c1-5-14-11-13(12-15(18-4)19-14)16(21)20-9-6-7-17(2,3)8-10-20/h11-12H,5-10H2,1-4H3,(H,18,19). The van der Waals surface area contributed by atoms with Crippen LogP contribution in [0, 0.1) is 5.41 Å². The molecular formula is C17H27N3O. The molecule has 0 saturated carbocycles. The van der Waals surface area contributed by atoms with Crippen molar-refractivity contribution in [3.8, 4) is 0 Å². The van der Waals surface area contributed by atoms with Gasteiger partial charge in [-0.25, -0.2) is 4.98 Å². The Balaban J connectivity index is 2.19. The van der Waals surface area contributed by atoms with Crippen molar-refractivity contribution in [2.45, 2.75) is 46.5 Å².